The van der Waals surface area contributed by atoms with Crippen LogP contribution in [0.3, 0.4) is 0 Å². The SMILES string of the molecule is CC(Nc1nc(Cl)ncc1Br)C(=O)N1CCCC1. The van der Waals surface area contributed by atoms with Crippen LogP contribution < -0.4 is 5.32 Å². The van der Waals surface area contributed by atoms with Gasteiger partial charge in [-0.3, -0.25) is 4.79 Å². The zero-order valence-corrected chi connectivity index (χ0v) is 12.3. The maximum atomic E-state index is 12.1. The lowest BCUT2D eigenvalue weighted by Crippen LogP contribution is -2.39. The molecule has 1 fully saturated rings. The molecule has 1 saturated heterocycles. The summed E-state index contributed by atoms with van der Waals surface area (Å²) in [6.07, 6.45) is 3.73. The fourth-order valence-electron chi connectivity index (χ4n) is 1.93. The molecule has 2 heterocycles. The smallest absolute Gasteiger partial charge is 0.244 e. The summed E-state index contributed by atoms with van der Waals surface area (Å²) in [4.78, 5) is 21.9. The summed E-state index contributed by atoms with van der Waals surface area (Å²) in [7, 11) is 0. The van der Waals surface area contributed by atoms with Gasteiger partial charge in [-0.1, -0.05) is 0 Å². The molecule has 1 aliphatic rings. The molecular weight excluding hydrogens is 320 g/mol. The zero-order chi connectivity index (χ0) is 13.1. The van der Waals surface area contributed by atoms with E-state index in [9.17, 15) is 4.79 Å². The molecule has 0 radical (unpaired) electrons. The number of hydrogen-bond acceptors (Lipinski definition) is 4. The predicted molar refractivity (Wildman–Crippen MR) is 73.6 cm³/mol. The number of halogens is 2. The highest BCUT2D eigenvalue weighted by molar-refractivity contribution is 9.10. The van der Waals surface area contributed by atoms with Crippen LogP contribution in [-0.4, -0.2) is 39.9 Å². The molecule has 1 amide bonds. The van der Waals surface area contributed by atoms with Gasteiger partial charge in [-0.2, -0.15) is 4.98 Å². The van der Waals surface area contributed by atoms with Crippen molar-refractivity contribution in [2.75, 3.05) is 18.4 Å². The first-order valence-corrected chi connectivity index (χ1v) is 6.98. The largest absolute Gasteiger partial charge is 0.358 e. The van der Waals surface area contributed by atoms with Crippen molar-refractivity contribution >= 4 is 39.3 Å². The van der Waals surface area contributed by atoms with Gasteiger partial charge in [0.15, 0.2) is 0 Å². The molecule has 1 aliphatic heterocycles. The van der Waals surface area contributed by atoms with Crippen LogP contribution in [0.2, 0.25) is 5.28 Å². The van der Waals surface area contributed by atoms with Crippen molar-refractivity contribution in [3.8, 4) is 0 Å². The van der Waals surface area contributed by atoms with Crippen molar-refractivity contribution < 1.29 is 4.79 Å². The first-order chi connectivity index (χ1) is 8.58. The molecule has 1 atom stereocenters. The van der Waals surface area contributed by atoms with Gasteiger partial charge >= 0.3 is 0 Å². The Bertz CT molecular complexity index is 451. The van der Waals surface area contributed by atoms with Gasteiger partial charge in [-0.05, 0) is 47.3 Å². The highest BCUT2D eigenvalue weighted by Crippen LogP contribution is 2.21. The van der Waals surface area contributed by atoms with Gasteiger partial charge in [0, 0.05) is 19.3 Å². The first kappa shape index (κ1) is 13.5. The summed E-state index contributed by atoms with van der Waals surface area (Å²) in [5.41, 5.74) is 0. The fourth-order valence-corrected chi connectivity index (χ4v) is 2.36. The highest BCUT2D eigenvalue weighted by atomic mass is 79.9. The molecule has 0 spiro atoms. The topological polar surface area (TPSA) is 58.1 Å². The number of aromatic nitrogens is 2. The Kier molecular flexibility index (Phi) is 4.40. The van der Waals surface area contributed by atoms with Gasteiger partial charge in [0.25, 0.3) is 0 Å². The van der Waals surface area contributed by atoms with Crippen molar-refractivity contribution in [1.82, 2.24) is 14.9 Å². The van der Waals surface area contributed by atoms with Crippen molar-refractivity contribution in [2.45, 2.75) is 25.8 Å². The van der Waals surface area contributed by atoms with E-state index in [4.69, 9.17) is 11.6 Å². The van der Waals surface area contributed by atoms with Crippen molar-refractivity contribution in [1.29, 1.82) is 0 Å². The minimum Gasteiger partial charge on any atom is -0.358 e. The number of hydrogen-bond donors (Lipinski definition) is 1. The van der Waals surface area contributed by atoms with E-state index < -0.39 is 0 Å². The average molecular weight is 334 g/mol. The van der Waals surface area contributed by atoms with Crippen LogP contribution >= 0.6 is 27.5 Å². The van der Waals surface area contributed by atoms with Gasteiger partial charge in [0.1, 0.15) is 11.9 Å². The number of carbonyl (C=O) groups is 1. The van der Waals surface area contributed by atoms with E-state index in [-0.39, 0.29) is 17.2 Å². The van der Waals surface area contributed by atoms with Crippen LogP contribution in [-0.2, 0) is 4.79 Å². The summed E-state index contributed by atoms with van der Waals surface area (Å²) < 4.78 is 0.688. The lowest BCUT2D eigenvalue weighted by atomic mass is 10.3. The molecule has 0 bridgehead atoms. The summed E-state index contributed by atoms with van der Waals surface area (Å²) in [5.74, 6) is 0.629. The Hall–Kier alpha value is -0.880. The highest BCUT2D eigenvalue weighted by Gasteiger charge is 2.23. The maximum Gasteiger partial charge on any atom is 0.244 e. The van der Waals surface area contributed by atoms with Crippen LogP contribution in [0.25, 0.3) is 0 Å². The first-order valence-electron chi connectivity index (χ1n) is 5.81. The Morgan fingerprint density at radius 1 is 1.56 bits per heavy atom. The molecule has 1 aromatic rings. The third kappa shape index (κ3) is 3.11. The molecule has 2 rings (SSSR count). The molecule has 0 aliphatic carbocycles. The molecule has 5 nitrogen and oxygen atoms in total. The maximum absolute atomic E-state index is 12.1. The summed E-state index contributed by atoms with van der Waals surface area (Å²) >= 11 is 9.05. The molecule has 1 unspecified atom stereocenters. The molecule has 18 heavy (non-hydrogen) atoms. The predicted octanol–water partition coefficient (Wildman–Crippen LogP) is 2.32. The van der Waals surface area contributed by atoms with Gasteiger partial charge in [0.2, 0.25) is 11.2 Å². The van der Waals surface area contributed by atoms with Crippen LogP contribution in [0.4, 0.5) is 5.82 Å². The average Bonchev–Trinajstić information content (AvgIpc) is 2.86. The summed E-state index contributed by atoms with van der Waals surface area (Å²) in [6.45, 7) is 3.51. The molecule has 1 N–H and O–H groups in total. The third-order valence-corrected chi connectivity index (χ3v) is 3.62. The third-order valence-electron chi connectivity index (χ3n) is 2.86. The Labute approximate surface area is 119 Å². The van der Waals surface area contributed by atoms with E-state index in [1.165, 1.54) is 0 Å². The quantitative estimate of drug-likeness (QED) is 0.863. The van der Waals surface area contributed by atoms with E-state index >= 15 is 0 Å². The normalized spacial score (nSPS) is 16.7. The van der Waals surface area contributed by atoms with E-state index in [2.05, 4.69) is 31.2 Å². The lowest BCUT2D eigenvalue weighted by Gasteiger charge is -2.21. The Morgan fingerprint density at radius 3 is 2.89 bits per heavy atom. The van der Waals surface area contributed by atoms with E-state index in [0.29, 0.717) is 10.3 Å². The fraction of sp³-hybridized carbons (Fsp3) is 0.545. The lowest BCUT2D eigenvalue weighted by molar-refractivity contribution is -0.130. The number of anilines is 1. The molecule has 98 valence electrons. The second kappa shape index (κ2) is 5.84. The van der Waals surface area contributed by atoms with E-state index in [1.807, 2.05) is 11.8 Å². The van der Waals surface area contributed by atoms with Gasteiger partial charge in [-0.15, -0.1) is 0 Å². The van der Waals surface area contributed by atoms with Crippen LogP contribution in [0, 0.1) is 0 Å². The number of amides is 1. The monoisotopic (exact) mass is 332 g/mol. The van der Waals surface area contributed by atoms with Crippen molar-refractivity contribution in [2.24, 2.45) is 0 Å². The van der Waals surface area contributed by atoms with Crippen LogP contribution in [0.1, 0.15) is 19.8 Å². The molecule has 0 saturated carbocycles. The Morgan fingerprint density at radius 2 is 2.22 bits per heavy atom. The second-order valence-corrected chi connectivity index (χ2v) is 5.43. The van der Waals surface area contributed by atoms with Gasteiger partial charge in [0.05, 0.1) is 4.47 Å². The second-order valence-electron chi connectivity index (χ2n) is 4.23. The van der Waals surface area contributed by atoms with E-state index in [0.717, 1.165) is 25.9 Å². The van der Waals surface area contributed by atoms with Gasteiger partial charge < -0.3 is 10.2 Å². The van der Waals surface area contributed by atoms with Crippen LogP contribution in [0.15, 0.2) is 10.7 Å². The minimum absolute atomic E-state index is 0.0918. The summed E-state index contributed by atoms with van der Waals surface area (Å²) in [6, 6.07) is -0.328. The number of nitrogens with zero attached hydrogens (tertiary/aromatic N) is 3. The minimum atomic E-state index is -0.328. The standard InChI is InChI=1S/C11H14BrClN4O/c1-7(10(18)17-4-2-3-5-17)15-9-8(12)6-14-11(13)16-9/h6-7H,2-5H2,1H3,(H,14,15,16). The molecule has 0 aromatic carbocycles. The van der Waals surface area contributed by atoms with Crippen molar-refractivity contribution in [3.63, 3.8) is 0 Å². The zero-order valence-electron chi connectivity index (χ0n) is 9.99. The summed E-state index contributed by atoms with van der Waals surface area (Å²) in [5, 5.41) is 3.21. The van der Waals surface area contributed by atoms with Crippen LogP contribution in [0.5, 0.6) is 0 Å². The van der Waals surface area contributed by atoms with E-state index in [1.54, 1.807) is 6.20 Å². The van der Waals surface area contributed by atoms with Gasteiger partial charge in [-0.25, -0.2) is 4.98 Å². The number of nitrogens with one attached hydrogen (secondary N) is 1. The van der Waals surface area contributed by atoms with Crippen molar-refractivity contribution in [3.05, 3.63) is 16.0 Å². The number of rotatable bonds is 3. The Balaban J connectivity index is 2.03. The molecule has 1 aromatic heterocycles. The number of likely N-dealkylation sites (tertiary alicyclic amines) is 1. The molecule has 7 heteroatoms. The number of carbonyl (C=O) groups excluding carboxylic acids is 1. The molecular formula is C11H14BrClN4O.